The van der Waals surface area contributed by atoms with Crippen molar-refractivity contribution in [1.82, 2.24) is 10.6 Å². The zero-order valence-corrected chi connectivity index (χ0v) is 16.2. The highest BCUT2D eigenvalue weighted by molar-refractivity contribution is 8.04. The third-order valence-electron chi connectivity index (χ3n) is 4.27. The molecule has 25 heavy (non-hydrogen) atoms. The van der Waals surface area contributed by atoms with Gasteiger partial charge in [-0.15, -0.1) is 0 Å². The normalized spacial score (nSPS) is 23.1. The molecule has 5 heteroatoms. The molecular formula is C20H31N3OS. The molecule has 2 unspecified atom stereocenters. The van der Waals surface area contributed by atoms with E-state index >= 15 is 0 Å². The largest absolute Gasteiger partial charge is 0.369 e. The maximum absolute atomic E-state index is 11.7. The Balaban J connectivity index is 1.81. The average molecular weight is 362 g/mol. The highest BCUT2D eigenvalue weighted by Gasteiger charge is 2.27. The Morgan fingerprint density at radius 3 is 3.08 bits per heavy atom. The van der Waals surface area contributed by atoms with Gasteiger partial charge in [0, 0.05) is 23.6 Å². The van der Waals surface area contributed by atoms with Gasteiger partial charge in [-0.05, 0) is 49.8 Å². The summed E-state index contributed by atoms with van der Waals surface area (Å²) in [5, 5.41) is 6.84. The van der Waals surface area contributed by atoms with E-state index in [1.165, 1.54) is 16.2 Å². The van der Waals surface area contributed by atoms with Crippen LogP contribution in [0.2, 0.25) is 0 Å². The van der Waals surface area contributed by atoms with Crippen molar-refractivity contribution in [3.63, 3.8) is 0 Å². The van der Waals surface area contributed by atoms with Crippen LogP contribution in [-0.4, -0.2) is 24.4 Å². The number of hydrogen-bond acceptors (Lipinski definition) is 4. The van der Waals surface area contributed by atoms with Crippen LogP contribution in [0.25, 0.3) is 0 Å². The Hall–Kier alpha value is -1.46. The van der Waals surface area contributed by atoms with E-state index < -0.39 is 0 Å². The van der Waals surface area contributed by atoms with Gasteiger partial charge in [0.15, 0.2) is 0 Å². The molecule has 1 amide bonds. The zero-order chi connectivity index (χ0) is 18.1. The number of hydrogen-bond donors (Lipinski definition) is 3. The van der Waals surface area contributed by atoms with Crippen molar-refractivity contribution >= 4 is 17.7 Å². The van der Waals surface area contributed by atoms with Gasteiger partial charge in [-0.2, -0.15) is 0 Å². The molecule has 0 fully saturated rings. The minimum absolute atomic E-state index is 0.101. The number of unbranched alkanes of at least 4 members (excludes halogenated alkanes) is 1. The second-order valence-electron chi connectivity index (χ2n) is 6.58. The third kappa shape index (κ3) is 6.40. The Morgan fingerprint density at radius 2 is 2.32 bits per heavy atom. The van der Waals surface area contributed by atoms with Gasteiger partial charge in [-0.1, -0.05) is 49.9 Å². The minimum atomic E-state index is 0.101. The predicted molar refractivity (Wildman–Crippen MR) is 108 cm³/mol. The number of rotatable bonds is 9. The smallest absolute Gasteiger partial charge is 0.220 e. The number of carbonyl (C=O) groups is 1. The lowest BCUT2D eigenvalue weighted by atomic mass is 10.0. The lowest BCUT2D eigenvalue weighted by Crippen LogP contribution is -2.24. The summed E-state index contributed by atoms with van der Waals surface area (Å²) in [6.07, 6.45) is 15.4. The van der Waals surface area contributed by atoms with Crippen LogP contribution in [0.15, 0.2) is 46.6 Å². The fourth-order valence-corrected chi connectivity index (χ4v) is 4.31. The van der Waals surface area contributed by atoms with E-state index in [1.807, 2.05) is 17.8 Å². The van der Waals surface area contributed by atoms with Gasteiger partial charge in [0.05, 0.1) is 0 Å². The van der Waals surface area contributed by atoms with Gasteiger partial charge in [0.1, 0.15) is 5.37 Å². The van der Waals surface area contributed by atoms with Crippen LogP contribution in [0.4, 0.5) is 0 Å². The Morgan fingerprint density at radius 1 is 1.48 bits per heavy atom. The molecule has 0 spiro atoms. The Bertz CT molecular complexity index is 577. The van der Waals surface area contributed by atoms with Crippen LogP contribution < -0.4 is 16.4 Å². The second-order valence-corrected chi connectivity index (χ2v) is 7.78. The summed E-state index contributed by atoms with van der Waals surface area (Å²) < 4.78 is 0. The molecule has 2 rings (SSSR count). The van der Waals surface area contributed by atoms with Crippen molar-refractivity contribution in [2.24, 2.45) is 11.7 Å². The Labute approximate surface area is 156 Å². The molecule has 0 radical (unpaired) electrons. The maximum atomic E-state index is 11.7. The number of nitrogens with one attached hydrogen (secondary N) is 2. The van der Waals surface area contributed by atoms with E-state index in [4.69, 9.17) is 5.73 Å². The highest BCUT2D eigenvalue weighted by Crippen LogP contribution is 2.41. The van der Waals surface area contributed by atoms with Crippen molar-refractivity contribution in [2.45, 2.75) is 51.3 Å². The molecule has 1 aliphatic heterocycles. The van der Waals surface area contributed by atoms with Gasteiger partial charge in [-0.3, -0.25) is 4.79 Å². The van der Waals surface area contributed by atoms with Crippen molar-refractivity contribution in [2.75, 3.05) is 13.1 Å². The quantitative estimate of drug-likeness (QED) is 0.434. The van der Waals surface area contributed by atoms with Gasteiger partial charge >= 0.3 is 0 Å². The molecule has 0 aromatic heterocycles. The summed E-state index contributed by atoms with van der Waals surface area (Å²) in [5.41, 5.74) is 8.00. The zero-order valence-electron chi connectivity index (χ0n) is 15.4. The molecule has 1 aliphatic carbocycles. The number of nitrogens with two attached hydrogens (primary N) is 1. The molecule has 2 atom stereocenters. The Kier molecular flexibility index (Phi) is 8.35. The van der Waals surface area contributed by atoms with Crippen molar-refractivity contribution in [3.05, 3.63) is 46.6 Å². The summed E-state index contributed by atoms with van der Waals surface area (Å²) >= 11 is 1.92. The van der Waals surface area contributed by atoms with Gasteiger partial charge in [0.2, 0.25) is 5.91 Å². The molecule has 0 saturated heterocycles. The first kappa shape index (κ1) is 19.9. The lowest BCUT2D eigenvalue weighted by Gasteiger charge is -2.13. The van der Waals surface area contributed by atoms with E-state index in [9.17, 15) is 4.79 Å². The monoisotopic (exact) mass is 361 g/mol. The predicted octanol–water partition coefficient (Wildman–Crippen LogP) is 3.59. The summed E-state index contributed by atoms with van der Waals surface area (Å²) in [6, 6.07) is 0. The molecule has 0 saturated carbocycles. The standard InChI is InChI=1S/C20H31N3OS/c1-3-7-16(8-6-13-22-19(24)9-4-5-12-21)20-23-17-11-10-15(2)14-18(17)25-20/h6-8,10-11,15,20,23H,3-5,9,12-14,21H2,1-2H3,(H,22,24)/b8-6-,16-7+. The van der Waals surface area contributed by atoms with Gasteiger partial charge < -0.3 is 16.4 Å². The van der Waals surface area contributed by atoms with E-state index in [0.29, 0.717) is 25.4 Å². The molecule has 0 bridgehead atoms. The van der Waals surface area contributed by atoms with Crippen LogP contribution in [-0.2, 0) is 4.79 Å². The lowest BCUT2D eigenvalue weighted by molar-refractivity contribution is -0.120. The summed E-state index contributed by atoms with van der Waals surface area (Å²) in [4.78, 5) is 13.2. The van der Waals surface area contributed by atoms with Crippen LogP contribution in [0.5, 0.6) is 0 Å². The molecular weight excluding hydrogens is 330 g/mol. The molecule has 0 aromatic carbocycles. The van der Waals surface area contributed by atoms with E-state index in [1.54, 1.807) is 0 Å². The molecule has 4 N–H and O–H groups in total. The first-order valence-corrected chi connectivity index (χ1v) is 10.2. The first-order valence-electron chi connectivity index (χ1n) is 9.32. The first-order chi connectivity index (χ1) is 12.1. The van der Waals surface area contributed by atoms with E-state index in [2.05, 4.69) is 48.8 Å². The van der Waals surface area contributed by atoms with Crippen LogP contribution in [0.1, 0.15) is 46.0 Å². The highest BCUT2D eigenvalue weighted by atomic mass is 32.2. The molecule has 2 aliphatic rings. The topological polar surface area (TPSA) is 67.2 Å². The fourth-order valence-electron chi connectivity index (χ4n) is 2.91. The number of allylic oxidation sites excluding steroid dienone is 4. The maximum Gasteiger partial charge on any atom is 0.220 e. The van der Waals surface area contributed by atoms with Crippen LogP contribution in [0.3, 0.4) is 0 Å². The molecule has 1 heterocycles. The van der Waals surface area contributed by atoms with Crippen molar-refractivity contribution in [3.8, 4) is 0 Å². The van der Waals surface area contributed by atoms with Crippen molar-refractivity contribution in [1.29, 1.82) is 0 Å². The fraction of sp³-hybridized carbons (Fsp3) is 0.550. The van der Waals surface area contributed by atoms with Gasteiger partial charge in [-0.25, -0.2) is 0 Å². The molecule has 4 nitrogen and oxygen atoms in total. The summed E-state index contributed by atoms with van der Waals surface area (Å²) in [5.74, 6) is 0.721. The molecule has 0 aromatic rings. The minimum Gasteiger partial charge on any atom is -0.369 e. The van der Waals surface area contributed by atoms with Crippen LogP contribution in [0, 0.1) is 5.92 Å². The molecule has 138 valence electrons. The van der Waals surface area contributed by atoms with E-state index in [-0.39, 0.29) is 11.3 Å². The number of amides is 1. The number of thioether (sulfide) groups is 1. The summed E-state index contributed by atoms with van der Waals surface area (Å²) in [6.45, 7) is 5.63. The van der Waals surface area contributed by atoms with Crippen molar-refractivity contribution < 1.29 is 4.79 Å². The van der Waals surface area contributed by atoms with Gasteiger partial charge in [0.25, 0.3) is 0 Å². The van der Waals surface area contributed by atoms with Crippen LogP contribution >= 0.6 is 11.8 Å². The second kappa shape index (κ2) is 10.5. The average Bonchev–Trinajstić information content (AvgIpc) is 3.00. The number of carbonyl (C=O) groups excluding carboxylic acids is 1. The third-order valence-corrected chi connectivity index (χ3v) is 5.57. The van der Waals surface area contributed by atoms with E-state index in [0.717, 1.165) is 25.7 Å². The SMILES string of the molecule is CC/C=C(\C=C/CNC(=O)CCCCN)C1NC2=C(CC(C)C=C2)S1. The summed E-state index contributed by atoms with van der Waals surface area (Å²) in [7, 11) is 0.